The number of nitrogens with zero attached hydrogens (tertiary/aromatic N) is 1. The van der Waals surface area contributed by atoms with Crippen LogP contribution in [0.2, 0.25) is 0 Å². The van der Waals surface area contributed by atoms with Gasteiger partial charge in [0, 0.05) is 32.7 Å². The maximum atomic E-state index is 10.3. The zero-order valence-electron chi connectivity index (χ0n) is 8.63. The van der Waals surface area contributed by atoms with E-state index in [1.54, 1.807) is 6.92 Å². The molecule has 0 aliphatic heterocycles. The standard InChI is InChI=1S/C7H15NO2.HNO3.Y/c1-6(7(9)10)4-2-3-5-8;2-1(3)4;/h6H,2-5,8H2,1H3,(H,9,10);(H,2,3,4);. The molecule has 0 saturated carbocycles. The normalized spacial score (nSPS) is 10.3. The number of carbonyl (C=O) groups is 1. The van der Waals surface area contributed by atoms with Crippen molar-refractivity contribution in [3.63, 3.8) is 0 Å². The van der Waals surface area contributed by atoms with Crippen molar-refractivity contribution in [3.05, 3.63) is 10.1 Å². The van der Waals surface area contributed by atoms with Gasteiger partial charge in [-0.3, -0.25) is 4.79 Å². The van der Waals surface area contributed by atoms with Crippen molar-refractivity contribution in [3.8, 4) is 0 Å². The maximum absolute atomic E-state index is 10.3. The zero-order chi connectivity index (χ0) is 11.6. The van der Waals surface area contributed by atoms with Crippen LogP contribution in [0.4, 0.5) is 0 Å². The summed E-state index contributed by atoms with van der Waals surface area (Å²) in [4.78, 5) is 18.6. The van der Waals surface area contributed by atoms with Crippen molar-refractivity contribution >= 4 is 5.97 Å². The van der Waals surface area contributed by atoms with Gasteiger partial charge < -0.3 is 16.0 Å². The van der Waals surface area contributed by atoms with Gasteiger partial charge in [-0.2, -0.15) is 0 Å². The number of carboxylic acids is 1. The molecule has 0 aromatic rings. The first-order valence-corrected chi connectivity index (χ1v) is 4.18. The molecule has 0 fully saturated rings. The van der Waals surface area contributed by atoms with Gasteiger partial charge in [0.15, 0.2) is 0 Å². The summed E-state index contributed by atoms with van der Waals surface area (Å²) in [6.45, 7) is 2.38. The number of carboxylic acid groups (broad SMARTS) is 1. The Hall–Kier alpha value is -0.266. The topological polar surface area (TPSA) is 127 Å². The molecule has 0 aromatic heterocycles. The third kappa shape index (κ3) is 24.8. The van der Waals surface area contributed by atoms with Crippen molar-refractivity contribution in [2.45, 2.75) is 26.2 Å². The van der Waals surface area contributed by atoms with Gasteiger partial charge in [0.2, 0.25) is 0 Å². The van der Waals surface area contributed by atoms with E-state index < -0.39 is 11.1 Å². The number of nitrogens with two attached hydrogens (primary N) is 1. The summed E-state index contributed by atoms with van der Waals surface area (Å²) in [6, 6.07) is 0. The van der Waals surface area contributed by atoms with Crippen LogP contribution in [0.1, 0.15) is 26.2 Å². The summed E-state index contributed by atoms with van der Waals surface area (Å²) < 4.78 is 0. The molecule has 87 valence electrons. The number of hydrogen-bond donors (Lipinski definition) is 3. The quantitative estimate of drug-likeness (QED) is 0.385. The van der Waals surface area contributed by atoms with Crippen LogP contribution in [0.5, 0.6) is 0 Å². The summed E-state index contributed by atoms with van der Waals surface area (Å²) in [5, 5.41) is 22.1. The van der Waals surface area contributed by atoms with Crippen LogP contribution in [0.25, 0.3) is 0 Å². The number of hydrogen-bond acceptors (Lipinski definition) is 4. The largest absolute Gasteiger partial charge is 0.481 e. The first-order chi connectivity index (χ1) is 6.41. The van der Waals surface area contributed by atoms with Crippen LogP contribution < -0.4 is 5.73 Å². The predicted octanol–water partition coefficient (Wildman–Crippen LogP) is 0.486. The molecule has 1 atom stereocenters. The average molecular weight is 297 g/mol. The van der Waals surface area contributed by atoms with Gasteiger partial charge in [0.25, 0.3) is 5.09 Å². The van der Waals surface area contributed by atoms with E-state index in [2.05, 4.69) is 0 Å². The minimum absolute atomic E-state index is 0. The van der Waals surface area contributed by atoms with E-state index in [0.717, 1.165) is 19.3 Å². The minimum Gasteiger partial charge on any atom is -0.481 e. The summed E-state index contributed by atoms with van der Waals surface area (Å²) in [5.74, 6) is -0.927. The number of unbranched alkanes of at least 4 members (excludes halogenated alkanes) is 1. The molecule has 0 rings (SSSR count). The molecular formula is C7H16N2O5Y. The molecule has 15 heavy (non-hydrogen) atoms. The molecule has 0 aliphatic carbocycles. The Kier molecular flexibility index (Phi) is 18.5. The summed E-state index contributed by atoms with van der Waals surface area (Å²) >= 11 is 0. The van der Waals surface area contributed by atoms with Gasteiger partial charge in [0.1, 0.15) is 0 Å². The molecule has 0 heterocycles. The Morgan fingerprint density at radius 1 is 1.53 bits per heavy atom. The third-order valence-electron chi connectivity index (χ3n) is 1.51. The smallest absolute Gasteiger partial charge is 0.306 e. The Labute approximate surface area is 113 Å². The van der Waals surface area contributed by atoms with Crippen LogP contribution in [0.15, 0.2) is 0 Å². The second kappa shape index (κ2) is 13.7. The third-order valence-corrected chi connectivity index (χ3v) is 1.51. The van der Waals surface area contributed by atoms with Gasteiger partial charge in [-0.25, -0.2) is 0 Å². The second-order valence-corrected chi connectivity index (χ2v) is 2.76. The van der Waals surface area contributed by atoms with Crippen molar-refractivity contribution in [1.29, 1.82) is 0 Å². The molecule has 4 N–H and O–H groups in total. The molecular weight excluding hydrogens is 281 g/mol. The van der Waals surface area contributed by atoms with Crippen LogP contribution in [0.3, 0.4) is 0 Å². The van der Waals surface area contributed by atoms with Crippen molar-refractivity contribution in [2.24, 2.45) is 11.7 Å². The zero-order valence-corrected chi connectivity index (χ0v) is 11.5. The summed E-state index contributed by atoms with van der Waals surface area (Å²) in [6.07, 6.45) is 2.59. The van der Waals surface area contributed by atoms with Crippen molar-refractivity contribution in [2.75, 3.05) is 6.54 Å². The SMILES string of the molecule is CC(CCCCN)C(=O)O.O=[N+]([O-])O.[Y]. The minimum atomic E-state index is -1.50. The Balaban J connectivity index is -0.000000249. The molecule has 1 unspecified atom stereocenters. The van der Waals surface area contributed by atoms with E-state index in [1.807, 2.05) is 0 Å². The number of aliphatic carboxylic acids is 1. The van der Waals surface area contributed by atoms with Crippen LogP contribution >= 0.6 is 0 Å². The van der Waals surface area contributed by atoms with Crippen LogP contribution in [-0.2, 0) is 37.5 Å². The Bertz CT molecular complexity index is 175. The predicted molar refractivity (Wildman–Crippen MR) is 48.5 cm³/mol. The fourth-order valence-corrected chi connectivity index (χ4v) is 0.718. The molecule has 0 saturated heterocycles. The van der Waals surface area contributed by atoms with E-state index in [0.29, 0.717) is 6.54 Å². The molecule has 8 heteroatoms. The van der Waals surface area contributed by atoms with Crippen LogP contribution in [-0.4, -0.2) is 27.9 Å². The van der Waals surface area contributed by atoms with E-state index in [1.165, 1.54) is 0 Å². The van der Waals surface area contributed by atoms with E-state index in [-0.39, 0.29) is 38.6 Å². The fraction of sp³-hybridized carbons (Fsp3) is 0.857. The second-order valence-electron chi connectivity index (χ2n) is 2.76. The average Bonchev–Trinajstić information content (AvgIpc) is 2.03. The van der Waals surface area contributed by atoms with E-state index >= 15 is 0 Å². The first-order valence-electron chi connectivity index (χ1n) is 4.18. The molecule has 7 nitrogen and oxygen atoms in total. The molecule has 0 bridgehead atoms. The monoisotopic (exact) mass is 297 g/mol. The fourth-order valence-electron chi connectivity index (χ4n) is 0.718. The summed E-state index contributed by atoms with van der Waals surface area (Å²) in [7, 11) is 0. The molecule has 0 aliphatic rings. The molecule has 0 spiro atoms. The Morgan fingerprint density at radius 3 is 2.20 bits per heavy atom. The first kappa shape index (κ1) is 20.2. The molecule has 1 radical (unpaired) electrons. The van der Waals surface area contributed by atoms with Gasteiger partial charge in [-0.1, -0.05) is 13.3 Å². The number of rotatable bonds is 5. The maximum Gasteiger partial charge on any atom is 0.306 e. The van der Waals surface area contributed by atoms with Gasteiger partial charge in [-0.05, 0) is 19.4 Å². The van der Waals surface area contributed by atoms with Crippen LogP contribution in [0, 0.1) is 16.0 Å². The van der Waals surface area contributed by atoms with Crippen molar-refractivity contribution < 1.29 is 52.9 Å². The molecule has 0 amide bonds. The van der Waals surface area contributed by atoms with Gasteiger partial charge in [0.05, 0.1) is 5.92 Å². The van der Waals surface area contributed by atoms with E-state index in [9.17, 15) is 4.79 Å². The van der Waals surface area contributed by atoms with E-state index in [4.69, 9.17) is 26.2 Å². The van der Waals surface area contributed by atoms with Crippen molar-refractivity contribution in [1.82, 2.24) is 0 Å². The van der Waals surface area contributed by atoms with Gasteiger partial charge >= 0.3 is 5.97 Å². The molecule has 0 aromatic carbocycles. The Morgan fingerprint density at radius 2 is 1.93 bits per heavy atom. The van der Waals surface area contributed by atoms with Gasteiger partial charge in [-0.15, -0.1) is 10.1 Å². The summed E-state index contributed by atoms with van der Waals surface area (Å²) in [5.41, 5.74) is 5.24.